The number of carbonyl (C=O) groups excluding carboxylic acids is 1. The number of hydrogen-bond donors (Lipinski definition) is 1. The van der Waals surface area contributed by atoms with Gasteiger partial charge in [0.2, 0.25) is 0 Å². The summed E-state index contributed by atoms with van der Waals surface area (Å²) in [5.74, 6) is 0.416. The third-order valence-corrected chi connectivity index (χ3v) is 4.65. The number of halogens is 3. The lowest BCUT2D eigenvalue weighted by Gasteiger charge is -2.40. The Balaban J connectivity index is 1.93. The van der Waals surface area contributed by atoms with Crippen LogP contribution in [0.4, 0.5) is 18.9 Å². The van der Waals surface area contributed by atoms with Gasteiger partial charge in [-0.15, -0.1) is 0 Å². The van der Waals surface area contributed by atoms with Gasteiger partial charge in [0.15, 0.2) is 0 Å². The summed E-state index contributed by atoms with van der Waals surface area (Å²) in [5.41, 5.74) is 6.59. The third kappa shape index (κ3) is 3.29. The SMILES string of the molecule is NC1CCN(C(COC=O)C2CC2)c2ccc(C(F)(F)F)cc21. The molecule has 23 heavy (non-hydrogen) atoms. The second-order valence-electron chi connectivity index (χ2n) is 6.19. The minimum atomic E-state index is -4.38. The Morgan fingerprint density at radius 2 is 2.09 bits per heavy atom. The Labute approximate surface area is 132 Å². The van der Waals surface area contributed by atoms with E-state index in [2.05, 4.69) is 4.90 Å². The van der Waals surface area contributed by atoms with Crippen LogP contribution in [0.3, 0.4) is 0 Å². The molecule has 1 aliphatic heterocycles. The van der Waals surface area contributed by atoms with Gasteiger partial charge in [-0.1, -0.05) is 0 Å². The van der Waals surface area contributed by atoms with Gasteiger partial charge in [0, 0.05) is 18.3 Å². The molecule has 1 fully saturated rings. The molecule has 0 spiro atoms. The highest BCUT2D eigenvalue weighted by Gasteiger charge is 2.39. The standard InChI is InChI=1S/C16H19F3N2O2/c17-16(18,19)11-3-4-14-12(7-11)13(20)5-6-21(14)15(8-23-9-22)10-1-2-10/h3-4,7,9-10,13,15H,1-2,5-6,8,20H2. The van der Waals surface area contributed by atoms with E-state index in [1.54, 1.807) is 0 Å². The number of rotatable bonds is 5. The Morgan fingerprint density at radius 3 is 2.70 bits per heavy atom. The fraction of sp³-hybridized carbons (Fsp3) is 0.562. The van der Waals surface area contributed by atoms with Crippen molar-refractivity contribution in [2.24, 2.45) is 11.7 Å². The average Bonchev–Trinajstić information content (AvgIpc) is 3.33. The van der Waals surface area contributed by atoms with Gasteiger partial charge in [0.25, 0.3) is 6.47 Å². The van der Waals surface area contributed by atoms with Crippen LogP contribution >= 0.6 is 0 Å². The van der Waals surface area contributed by atoms with Crippen LogP contribution in [0.1, 0.15) is 36.4 Å². The lowest BCUT2D eigenvalue weighted by atomic mass is 9.93. The summed E-state index contributed by atoms with van der Waals surface area (Å²) < 4.78 is 43.7. The number of carbonyl (C=O) groups is 1. The van der Waals surface area contributed by atoms with Crippen molar-refractivity contribution in [3.8, 4) is 0 Å². The second-order valence-corrected chi connectivity index (χ2v) is 6.19. The number of alkyl halides is 3. The molecule has 4 nitrogen and oxygen atoms in total. The number of fused-ring (bicyclic) bond motifs is 1. The molecule has 1 aromatic rings. The van der Waals surface area contributed by atoms with Gasteiger partial charge in [-0.3, -0.25) is 4.79 Å². The van der Waals surface area contributed by atoms with E-state index in [1.807, 2.05) is 0 Å². The van der Waals surface area contributed by atoms with E-state index in [0.29, 0.717) is 30.9 Å². The van der Waals surface area contributed by atoms with Gasteiger partial charge in [0.05, 0.1) is 11.6 Å². The molecule has 1 aromatic carbocycles. The van der Waals surface area contributed by atoms with Gasteiger partial charge < -0.3 is 15.4 Å². The largest absolute Gasteiger partial charge is 0.466 e. The smallest absolute Gasteiger partial charge is 0.416 e. The Hall–Kier alpha value is -1.76. The number of ether oxygens (including phenoxy) is 1. The molecule has 2 unspecified atom stereocenters. The summed E-state index contributed by atoms with van der Waals surface area (Å²) in [6.45, 7) is 1.32. The summed E-state index contributed by atoms with van der Waals surface area (Å²) >= 11 is 0. The zero-order chi connectivity index (χ0) is 16.6. The number of benzene rings is 1. The molecule has 0 amide bonds. The highest BCUT2D eigenvalue weighted by Crippen LogP contribution is 2.43. The molecule has 1 aliphatic carbocycles. The van der Waals surface area contributed by atoms with E-state index in [0.717, 1.165) is 30.7 Å². The lowest BCUT2D eigenvalue weighted by molar-refractivity contribution is -0.137. The Morgan fingerprint density at radius 1 is 1.35 bits per heavy atom. The minimum absolute atomic E-state index is 0.00295. The van der Waals surface area contributed by atoms with Crippen LogP contribution in [-0.4, -0.2) is 25.7 Å². The summed E-state index contributed by atoms with van der Waals surface area (Å²) in [7, 11) is 0. The van der Waals surface area contributed by atoms with Crippen LogP contribution in [-0.2, 0) is 15.7 Å². The van der Waals surface area contributed by atoms with Gasteiger partial charge in [0.1, 0.15) is 6.61 Å². The molecule has 1 heterocycles. The van der Waals surface area contributed by atoms with E-state index in [-0.39, 0.29) is 12.6 Å². The molecular formula is C16H19F3N2O2. The summed E-state index contributed by atoms with van der Waals surface area (Å²) in [4.78, 5) is 12.6. The predicted octanol–water partition coefficient (Wildman–Crippen LogP) is 2.87. The fourth-order valence-electron chi connectivity index (χ4n) is 3.29. The maximum Gasteiger partial charge on any atom is 0.416 e. The first-order chi connectivity index (χ1) is 10.9. The monoisotopic (exact) mass is 328 g/mol. The molecule has 0 radical (unpaired) electrons. The number of nitrogens with two attached hydrogens (primary N) is 1. The van der Waals surface area contributed by atoms with Gasteiger partial charge in [-0.05, 0) is 48.9 Å². The number of hydrogen-bond acceptors (Lipinski definition) is 4. The highest BCUT2D eigenvalue weighted by molar-refractivity contribution is 5.59. The third-order valence-electron chi connectivity index (χ3n) is 4.65. The van der Waals surface area contributed by atoms with E-state index in [9.17, 15) is 18.0 Å². The van der Waals surface area contributed by atoms with Crippen LogP contribution in [0.2, 0.25) is 0 Å². The Kier molecular flexibility index (Phi) is 4.23. The van der Waals surface area contributed by atoms with Crippen LogP contribution in [0.15, 0.2) is 18.2 Å². The van der Waals surface area contributed by atoms with E-state index in [1.165, 1.54) is 6.07 Å². The van der Waals surface area contributed by atoms with Crippen molar-refractivity contribution < 1.29 is 22.7 Å². The molecule has 2 N–H and O–H groups in total. The van der Waals surface area contributed by atoms with E-state index < -0.39 is 17.8 Å². The van der Waals surface area contributed by atoms with Gasteiger partial charge in [-0.2, -0.15) is 13.2 Å². The van der Waals surface area contributed by atoms with Gasteiger partial charge >= 0.3 is 6.18 Å². The molecule has 0 aromatic heterocycles. The number of anilines is 1. The maximum atomic E-state index is 12.9. The van der Waals surface area contributed by atoms with Crippen molar-refractivity contribution in [2.75, 3.05) is 18.1 Å². The molecule has 1 saturated carbocycles. The van der Waals surface area contributed by atoms with Crippen LogP contribution < -0.4 is 10.6 Å². The first-order valence-electron chi connectivity index (χ1n) is 7.70. The van der Waals surface area contributed by atoms with Crippen molar-refractivity contribution in [1.29, 1.82) is 0 Å². The zero-order valence-electron chi connectivity index (χ0n) is 12.6. The molecule has 0 saturated heterocycles. The second kappa shape index (κ2) is 6.03. The van der Waals surface area contributed by atoms with E-state index >= 15 is 0 Å². The van der Waals surface area contributed by atoms with E-state index in [4.69, 9.17) is 10.5 Å². The molecule has 2 atom stereocenters. The van der Waals surface area contributed by atoms with Crippen molar-refractivity contribution in [3.63, 3.8) is 0 Å². The highest BCUT2D eigenvalue weighted by atomic mass is 19.4. The molecule has 2 aliphatic rings. The van der Waals surface area contributed by atoms with Crippen molar-refractivity contribution in [1.82, 2.24) is 0 Å². The van der Waals surface area contributed by atoms with Crippen molar-refractivity contribution >= 4 is 12.2 Å². The fourth-order valence-corrected chi connectivity index (χ4v) is 3.29. The first-order valence-corrected chi connectivity index (χ1v) is 7.70. The molecule has 126 valence electrons. The maximum absolute atomic E-state index is 12.9. The predicted molar refractivity (Wildman–Crippen MR) is 78.9 cm³/mol. The quantitative estimate of drug-likeness (QED) is 0.845. The van der Waals surface area contributed by atoms with Gasteiger partial charge in [-0.25, -0.2) is 0 Å². The molecule has 7 heteroatoms. The van der Waals surface area contributed by atoms with Crippen LogP contribution in [0, 0.1) is 5.92 Å². The molecule has 0 bridgehead atoms. The van der Waals surface area contributed by atoms with Crippen LogP contribution in [0.5, 0.6) is 0 Å². The topological polar surface area (TPSA) is 55.6 Å². The minimum Gasteiger partial charge on any atom is -0.466 e. The summed E-state index contributed by atoms with van der Waals surface area (Å²) in [5, 5.41) is 0. The lowest BCUT2D eigenvalue weighted by Crippen LogP contribution is -2.45. The Bertz CT molecular complexity index is 587. The van der Waals surface area contributed by atoms with Crippen molar-refractivity contribution in [3.05, 3.63) is 29.3 Å². The summed E-state index contributed by atoms with van der Waals surface area (Å²) in [6, 6.07) is 3.33. The molecular weight excluding hydrogens is 309 g/mol. The zero-order valence-corrected chi connectivity index (χ0v) is 12.6. The van der Waals surface area contributed by atoms with Crippen LogP contribution in [0.25, 0.3) is 0 Å². The summed E-state index contributed by atoms with van der Waals surface area (Å²) in [6.07, 6.45) is -1.71. The van der Waals surface area contributed by atoms with Crippen molar-refractivity contribution in [2.45, 2.75) is 37.5 Å². The average molecular weight is 328 g/mol. The number of nitrogens with zero attached hydrogens (tertiary/aromatic N) is 1. The molecule has 3 rings (SSSR count). The first kappa shape index (κ1) is 16.1. The normalized spacial score (nSPS) is 22.4.